The summed E-state index contributed by atoms with van der Waals surface area (Å²) in [5.74, 6) is 1.99. The number of benzene rings is 3. The molecular weight excluding hydrogens is 348 g/mol. The van der Waals surface area contributed by atoms with Crippen molar-refractivity contribution in [2.75, 3.05) is 27.6 Å². The van der Waals surface area contributed by atoms with Crippen LogP contribution in [0.15, 0.2) is 60.7 Å². The zero-order valence-electron chi connectivity index (χ0n) is 16.3. The maximum Gasteiger partial charge on any atom is 0.142 e. The van der Waals surface area contributed by atoms with E-state index in [0.29, 0.717) is 13.5 Å². The van der Waals surface area contributed by atoms with Crippen LogP contribution < -0.4 is 9.47 Å². The van der Waals surface area contributed by atoms with Gasteiger partial charge >= 0.3 is 0 Å². The monoisotopic (exact) mass is 372 g/mol. The normalized spacial score (nSPS) is 16.6. The molecule has 0 amide bonds. The number of ether oxygens (including phenoxy) is 2. The number of rotatable bonds is 2. The fourth-order valence-corrected chi connectivity index (χ4v) is 3.96. The van der Waals surface area contributed by atoms with Gasteiger partial charge in [-0.1, -0.05) is 30.3 Å². The van der Waals surface area contributed by atoms with Gasteiger partial charge in [0.2, 0.25) is 0 Å². The molecule has 0 atom stereocenters. The van der Waals surface area contributed by atoms with E-state index >= 15 is 0 Å². The lowest BCUT2D eigenvalue weighted by atomic mass is 9.96. The van der Waals surface area contributed by atoms with Gasteiger partial charge in [0.1, 0.15) is 25.0 Å². The Labute approximate surface area is 165 Å². The molecule has 4 heteroatoms. The molecule has 4 nitrogen and oxygen atoms in total. The molecule has 0 aliphatic carbocycles. The lowest BCUT2D eigenvalue weighted by Gasteiger charge is -2.26. The van der Waals surface area contributed by atoms with Crippen LogP contribution >= 0.6 is 0 Å². The first-order valence-electron chi connectivity index (χ1n) is 9.65. The first-order valence-corrected chi connectivity index (χ1v) is 9.65. The minimum absolute atomic E-state index is 0.652. The second-order valence-corrected chi connectivity index (χ2v) is 7.80. The Morgan fingerprint density at radius 2 is 1.07 bits per heavy atom. The fraction of sp³-hybridized carbons (Fsp3) is 0.250. The highest BCUT2D eigenvalue weighted by Crippen LogP contribution is 2.34. The molecule has 3 aromatic carbocycles. The summed E-state index contributed by atoms with van der Waals surface area (Å²) >= 11 is 0. The van der Waals surface area contributed by atoms with E-state index in [1.165, 1.54) is 33.4 Å². The van der Waals surface area contributed by atoms with Crippen LogP contribution in [0.25, 0.3) is 22.3 Å². The van der Waals surface area contributed by atoms with Gasteiger partial charge in [-0.3, -0.25) is 9.80 Å². The fourth-order valence-electron chi connectivity index (χ4n) is 3.96. The lowest BCUT2D eigenvalue weighted by molar-refractivity contribution is 0.121. The summed E-state index contributed by atoms with van der Waals surface area (Å²) in [6.07, 6.45) is 0. The summed E-state index contributed by atoms with van der Waals surface area (Å²) in [5.41, 5.74) is 7.37. The molecule has 0 aromatic heterocycles. The first-order chi connectivity index (χ1) is 13.7. The molecule has 5 rings (SSSR count). The van der Waals surface area contributed by atoms with E-state index in [-0.39, 0.29) is 0 Å². The highest BCUT2D eigenvalue weighted by atomic mass is 16.5. The van der Waals surface area contributed by atoms with Crippen molar-refractivity contribution >= 4 is 0 Å². The molecule has 142 valence electrons. The molecule has 0 unspecified atom stereocenters. The van der Waals surface area contributed by atoms with Gasteiger partial charge in [0.25, 0.3) is 0 Å². The van der Waals surface area contributed by atoms with Crippen molar-refractivity contribution in [3.8, 4) is 33.8 Å². The second-order valence-electron chi connectivity index (χ2n) is 7.80. The van der Waals surface area contributed by atoms with Crippen molar-refractivity contribution in [2.45, 2.75) is 13.1 Å². The van der Waals surface area contributed by atoms with Crippen molar-refractivity contribution in [2.24, 2.45) is 0 Å². The van der Waals surface area contributed by atoms with Crippen LogP contribution in [0.2, 0.25) is 0 Å². The molecular formula is C24H24N2O2. The molecule has 2 aliphatic heterocycles. The first kappa shape index (κ1) is 17.3. The number of nitrogens with zero attached hydrogens (tertiary/aromatic N) is 2. The van der Waals surface area contributed by atoms with E-state index in [1.807, 2.05) is 0 Å². The molecule has 2 heterocycles. The lowest BCUT2D eigenvalue weighted by Crippen LogP contribution is -2.28. The summed E-state index contributed by atoms with van der Waals surface area (Å²) in [7, 11) is 4.15. The van der Waals surface area contributed by atoms with Gasteiger partial charge in [-0.25, -0.2) is 0 Å². The predicted molar refractivity (Wildman–Crippen MR) is 111 cm³/mol. The molecule has 3 aromatic rings. The zero-order valence-corrected chi connectivity index (χ0v) is 16.3. The third kappa shape index (κ3) is 3.26. The van der Waals surface area contributed by atoms with Gasteiger partial charge in [-0.15, -0.1) is 0 Å². The summed E-state index contributed by atoms with van der Waals surface area (Å²) in [6, 6.07) is 21.7. The average Bonchev–Trinajstić information content (AvgIpc) is 2.72. The zero-order chi connectivity index (χ0) is 19.1. The average molecular weight is 372 g/mol. The minimum atomic E-state index is 0.652. The van der Waals surface area contributed by atoms with Crippen molar-refractivity contribution in [1.82, 2.24) is 9.80 Å². The molecule has 28 heavy (non-hydrogen) atoms. The van der Waals surface area contributed by atoms with Gasteiger partial charge in [0, 0.05) is 24.2 Å². The Balaban J connectivity index is 1.49. The van der Waals surface area contributed by atoms with E-state index in [0.717, 1.165) is 24.6 Å². The van der Waals surface area contributed by atoms with E-state index in [2.05, 4.69) is 84.6 Å². The smallest absolute Gasteiger partial charge is 0.142 e. The van der Waals surface area contributed by atoms with Crippen molar-refractivity contribution in [3.63, 3.8) is 0 Å². The SMILES string of the molecule is CN1COc2ccc(-c3cccc(-c4ccc5c(c4)CN(C)CO5)c3)cc2C1. The molecule has 0 spiro atoms. The largest absolute Gasteiger partial charge is 0.478 e. The second kappa shape index (κ2) is 6.97. The van der Waals surface area contributed by atoms with E-state index in [4.69, 9.17) is 9.47 Å². The van der Waals surface area contributed by atoms with E-state index in [9.17, 15) is 0 Å². The van der Waals surface area contributed by atoms with Crippen LogP contribution in [0.5, 0.6) is 11.5 Å². The Hall–Kier alpha value is -2.82. The third-order valence-corrected chi connectivity index (χ3v) is 5.41. The van der Waals surface area contributed by atoms with Crippen LogP contribution in [-0.2, 0) is 13.1 Å². The number of hydrogen-bond donors (Lipinski definition) is 0. The molecule has 0 N–H and O–H groups in total. The number of hydrogen-bond acceptors (Lipinski definition) is 4. The highest BCUT2D eigenvalue weighted by Gasteiger charge is 2.16. The quantitative estimate of drug-likeness (QED) is 0.657. The highest BCUT2D eigenvalue weighted by molar-refractivity contribution is 5.74. The minimum Gasteiger partial charge on any atom is -0.478 e. The van der Waals surface area contributed by atoms with Gasteiger partial charge in [0.05, 0.1) is 0 Å². The summed E-state index contributed by atoms with van der Waals surface area (Å²) < 4.78 is 11.6. The van der Waals surface area contributed by atoms with Gasteiger partial charge in [-0.05, 0) is 66.7 Å². The number of fused-ring (bicyclic) bond motifs is 2. The molecule has 0 saturated carbocycles. The molecule has 0 bridgehead atoms. The van der Waals surface area contributed by atoms with Crippen LogP contribution in [0.1, 0.15) is 11.1 Å². The van der Waals surface area contributed by atoms with Crippen LogP contribution in [-0.4, -0.2) is 37.4 Å². The summed E-state index contributed by atoms with van der Waals surface area (Å²) in [4.78, 5) is 4.35. The topological polar surface area (TPSA) is 24.9 Å². The summed E-state index contributed by atoms with van der Waals surface area (Å²) in [6.45, 7) is 3.14. The maximum absolute atomic E-state index is 5.79. The maximum atomic E-state index is 5.79. The Bertz CT molecular complexity index is 952. The van der Waals surface area contributed by atoms with Crippen LogP contribution in [0.3, 0.4) is 0 Å². The van der Waals surface area contributed by atoms with Crippen molar-refractivity contribution in [1.29, 1.82) is 0 Å². The van der Waals surface area contributed by atoms with Gasteiger partial charge in [0.15, 0.2) is 0 Å². The molecule has 2 aliphatic rings. The van der Waals surface area contributed by atoms with Gasteiger partial charge in [-0.2, -0.15) is 0 Å². The third-order valence-electron chi connectivity index (χ3n) is 5.41. The van der Waals surface area contributed by atoms with Crippen LogP contribution in [0, 0.1) is 0 Å². The molecule has 0 saturated heterocycles. The molecule has 0 radical (unpaired) electrons. The Morgan fingerprint density at radius 3 is 1.57 bits per heavy atom. The van der Waals surface area contributed by atoms with E-state index < -0.39 is 0 Å². The predicted octanol–water partition coefficient (Wildman–Crippen LogP) is 4.58. The van der Waals surface area contributed by atoms with Crippen LogP contribution in [0.4, 0.5) is 0 Å². The summed E-state index contributed by atoms with van der Waals surface area (Å²) in [5, 5.41) is 0. The van der Waals surface area contributed by atoms with Crippen molar-refractivity contribution < 1.29 is 9.47 Å². The van der Waals surface area contributed by atoms with Gasteiger partial charge < -0.3 is 9.47 Å². The standard InChI is InChI=1S/C24H24N2O2/c1-25-13-21-11-19(6-8-23(21)27-15-25)17-4-3-5-18(10-17)20-7-9-24-22(12-20)14-26(2)16-28-24/h3-12H,13-16H2,1-2H3. The van der Waals surface area contributed by atoms with Crippen molar-refractivity contribution in [3.05, 3.63) is 71.8 Å². The molecule has 0 fully saturated rings. The Kier molecular flexibility index (Phi) is 4.30. The Morgan fingerprint density at radius 1 is 0.607 bits per heavy atom. The van der Waals surface area contributed by atoms with E-state index in [1.54, 1.807) is 0 Å².